The van der Waals surface area contributed by atoms with E-state index < -0.39 is 5.60 Å². The van der Waals surface area contributed by atoms with Crippen molar-refractivity contribution in [2.24, 2.45) is 0 Å². The molecule has 0 aromatic carbocycles. The molecule has 3 heteroatoms. The number of aliphatic hydroxyl groups is 1. The van der Waals surface area contributed by atoms with Gasteiger partial charge in [0.25, 0.3) is 0 Å². The van der Waals surface area contributed by atoms with E-state index in [0.29, 0.717) is 5.56 Å². The van der Waals surface area contributed by atoms with Crippen LogP contribution in [0.5, 0.6) is 0 Å². The van der Waals surface area contributed by atoms with Crippen LogP contribution in [0.25, 0.3) is 0 Å². The van der Waals surface area contributed by atoms with Crippen molar-refractivity contribution in [2.45, 2.75) is 5.60 Å². The molecule has 12 heavy (non-hydrogen) atoms. The molecule has 1 heterocycles. The van der Waals surface area contributed by atoms with E-state index in [4.69, 9.17) is 6.58 Å². The molecule has 1 aromatic heterocycles. The van der Waals surface area contributed by atoms with Crippen molar-refractivity contribution in [3.05, 3.63) is 49.7 Å². The third-order valence-corrected chi connectivity index (χ3v) is 1.46. The molecule has 0 bridgehead atoms. The van der Waals surface area contributed by atoms with Crippen LogP contribution in [0.1, 0.15) is 5.56 Å². The fraction of sp³-hybridized carbons (Fsp3) is 0.111. The maximum Gasteiger partial charge on any atom is 0.0270 e. The Hall–Kier alpha value is -0.0461. The Bertz CT molecular complexity index is 246. The van der Waals surface area contributed by atoms with E-state index in [1.165, 1.54) is 0 Å². The molecule has 1 rings (SSSR count). The summed E-state index contributed by atoms with van der Waals surface area (Å²) in [5.74, 6) is 0. The van der Waals surface area contributed by atoms with Gasteiger partial charge in [0.15, 0.2) is 0 Å². The molecule has 0 saturated carbocycles. The van der Waals surface area contributed by atoms with Crippen LogP contribution in [0.3, 0.4) is 0 Å². The molecule has 0 fully saturated rings. The second kappa shape index (κ2) is 4.85. The fourth-order valence-electron chi connectivity index (χ4n) is 0.737. The van der Waals surface area contributed by atoms with Crippen molar-refractivity contribution in [1.29, 1.82) is 0 Å². The third-order valence-electron chi connectivity index (χ3n) is 1.46. The molecule has 1 radical (unpaired) electrons. The standard InChI is InChI=1S/C9H9NO.Y/c1-3-9(2,11)8-4-6-10-7-5-8;/h1,3-7,11H,2H2;/q-2;. The average Bonchev–Trinajstić information content (AvgIpc) is 2.06. The second-order valence-corrected chi connectivity index (χ2v) is 2.33. The van der Waals surface area contributed by atoms with Gasteiger partial charge in [0.2, 0.25) is 0 Å². The summed E-state index contributed by atoms with van der Waals surface area (Å²) < 4.78 is 0. The van der Waals surface area contributed by atoms with Crippen molar-refractivity contribution in [3.8, 4) is 0 Å². The van der Waals surface area contributed by atoms with Crippen LogP contribution < -0.4 is 0 Å². The van der Waals surface area contributed by atoms with E-state index in [2.05, 4.69) is 11.9 Å². The maximum absolute atomic E-state index is 9.48. The minimum absolute atomic E-state index is 0. The van der Waals surface area contributed by atoms with Gasteiger partial charge in [0.1, 0.15) is 0 Å². The minimum atomic E-state index is -1.30. The summed E-state index contributed by atoms with van der Waals surface area (Å²) in [5.41, 5.74) is -0.668. The first-order valence-electron chi connectivity index (χ1n) is 3.21. The van der Waals surface area contributed by atoms with E-state index in [0.717, 1.165) is 6.08 Å². The van der Waals surface area contributed by atoms with Gasteiger partial charge in [-0.2, -0.15) is 0 Å². The predicted octanol–water partition coefficient (Wildman–Crippen LogP) is 1.09. The fourth-order valence-corrected chi connectivity index (χ4v) is 0.737. The second-order valence-electron chi connectivity index (χ2n) is 2.33. The number of aromatic nitrogens is 1. The number of nitrogens with zero attached hydrogens (tertiary/aromatic N) is 1. The average molecular weight is 236 g/mol. The summed E-state index contributed by atoms with van der Waals surface area (Å²) in [4.78, 5) is 3.80. The molecule has 0 aliphatic heterocycles. The first kappa shape index (κ1) is 12.0. The van der Waals surface area contributed by atoms with Gasteiger partial charge in [-0.15, -0.1) is 0 Å². The summed E-state index contributed by atoms with van der Waals surface area (Å²) in [6, 6.07) is 3.33. The molecule has 0 aliphatic rings. The number of pyridine rings is 1. The van der Waals surface area contributed by atoms with Crippen LogP contribution >= 0.6 is 0 Å². The van der Waals surface area contributed by atoms with Gasteiger partial charge in [0.05, 0.1) is 0 Å². The normalized spacial score (nSPS) is 14.2. The van der Waals surface area contributed by atoms with Crippen molar-refractivity contribution in [3.63, 3.8) is 0 Å². The van der Waals surface area contributed by atoms with Gasteiger partial charge in [-0.3, -0.25) is 11.1 Å². The molecule has 1 atom stereocenters. The van der Waals surface area contributed by atoms with Gasteiger partial charge in [-0.1, -0.05) is 0 Å². The van der Waals surface area contributed by atoms with Crippen molar-refractivity contribution in [2.75, 3.05) is 0 Å². The van der Waals surface area contributed by atoms with Crippen molar-refractivity contribution >= 4 is 0 Å². The summed E-state index contributed by atoms with van der Waals surface area (Å²) in [6.45, 7) is 8.69. The number of hydrogen-bond donors (Lipinski definition) is 1. The van der Waals surface area contributed by atoms with Crippen molar-refractivity contribution in [1.82, 2.24) is 4.98 Å². The zero-order valence-electron chi connectivity index (χ0n) is 6.64. The summed E-state index contributed by atoms with van der Waals surface area (Å²) in [7, 11) is 0. The molecule has 2 nitrogen and oxygen atoms in total. The first-order valence-corrected chi connectivity index (χ1v) is 3.21. The summed E-state index contributed by atoms with van der Waals surface area (Å²) >= 11 is 0. The Labute approximate surface area is 97.6 Å². The summed E-state index contributed by atoms with van der Waals surface area (Å²) in [5, 5.41) is 9.48. The van der Waals surface area contributed by atoms with E-state index >= 15 is 0 Å². The van der Waals surface area contributed by atoms with Crippen LogP contribution in [-0.2, 0) is 38.3 Å². The Kier molecular flexibility index (Phi) is 4.83. The monoisotopic (exact) mass is 236 g/mol. The quantitative estimate of drug-likeness (QED) is 0.779. The number of rotatable bonds is 2. The summed E-state index contributed by atoms with van der Waals surface area (Å²) in [6.07, 6.45) is 4.30. The third kappa shape index (κ3) is 2.78. The topological polar surface area (TPSA) is 33.1 Å². The molecule has 1 unspecified atom stereocenters. The molecule has 1 aromatic rings. The maximum atomic E-state index is 9.48. The Balaban J connectivity index is 0.00000121. The van der Waals surface area contributed by atoms with Crippen LogP contribution in [0.2, 0.25) is 0 Å². The van der Waals surface area contributed by atoms with E-state index in [-0.39, 0.29) is 32.7 Å². The van der Waals surface area contributed by atoms with Gasteiger partial charge in [-0.25, -0.2) is 0 Å². The minimum Gasteiger partial charge on any atom is -0.517 e. The Morgan fingerprint density at radius 3 is 2.42 bits per heavy atom. The molecule has 0 amide bonds. The first-order chi connectivity index (χ1) is 5.17. The van der Waals surface area contributed by atoms with Crippen LogP contribution in [0.4, 0.5) is 0 Å². The molecule has 1 N–H and O–H groups in total. The van der Waals surface area contributed by atoms with E-state index in [1.807, 2.05) is 0 Å². The molecule has 0 saturated heterocycles. The SMILES string of the molecule is [CH-]=CC([CH2-])(O)c1ccncc1.[Y]. The molecule has 0 spiro atoms. The zero-order valence-corrected chi connectivity index (χ0v) is 9.48. The Morgan fingerprint density at radius 1 is 1.50 bits per heavy atom. The Morgan fingerprint density at radius 2 is 2.00 bits per heavy atom. The van der Waals surface area contributed by atoms with E-state index in [1.54, 1.807) is 24.5 Å². The smallest absolute Gasteiger partial charge is 0.0270 e. The van der Waals surface area contributed by atoms with Crippen LogP contribution in [0, 0.1) is 13.5 Å². The van der Waals surface area contributed by atoms with Crippen LogP contribution in [0.15, 0.2) is 30.6 Å². The predicted molar refractivity (Wildman–Crippen MR) is 42.4 cm³/mol. The number of hydrogen-bond acceptors (Lipinski definition) is 2. The van der Waals surface area contributed by atoms with Gasteiger partial charge in [-0.05, 0) is 23.3 Å². The molecule has 61 valence electrons. The van der Waals surface area contributed by atoms with E-state index in [9.17, 15) is 5.11 Å². The molecule has 0 aliphatic carbocycles. The zero-order chi connectivity index (χ0) is 8.32. The van der Waals surface area contributed by atoms with Gasteiger partial charge < -0.3 is 18.6 Å². The largest absolute Gasteiger partial charge is 0.517 e. The van der Waals surface area contributed by atoms with Gasteiger partial charge in [0, 0.05) is 45.1 Å². The van der Waals surface area contributed by atoms with Crippen LogP contribution in [-0.4, -0.2) is 10.1 Å². The molecular weight excluding hydrogens is 227 g/mol. The van der Waals surface area contributed by atoms with Gasteiger partial charge >= 0.3 is 0 Å². The molecular formula is C9H9NOY-2. The van der Waals surface area contributed by atoms with Crippen molar-refractivity contribution < 1.29 is 37.8 Å².